The molecule has 3 nitrogen and oxygen atoms in total. The molecule has 0 amide bonds. The van der Waals surface area contributed by atoms with Crippen molar-refractivity contribution in [3.05, 3.63) is 29.6 Å². The third kappa shape index (κ3) is 3.09. The zero-order valence-corrected chi connectivity index (χ0v) is 12.2. The van der Waals surface area contributed by atoms with E-state index in [-0.39, 0.29) is 5.54 Å². The molecule has 0 saturated heterocycles. The van der Waals surface area contributed by atoms with Crippen LogP contribution in [-0.4, -0.2) is 28.5 Å². The normalized spacial score (nSPS) is 12.1. The molecule has 0 aliphatic rings. The Hall–Kier alpha value is -0.930. The molecule has 0 unspecified atom stereocenters. The Bertz CT molecular complexity index is 350. The van der Waals surface area contributed by atoms with Gasteiger partial charge in [0.25, 0.3) is 0 Å². The topological polar surface area (TPSA) is 42.2 Å². The van der Waals surface area contributed by atoms with Crippen LogP contribution in [0.1, 0.15) is 44.9 Å². The maximum absolute atomic E-state index is 6.03. The van der Waals surface area contributed by atoms with Gasteiger partial charge in [-0.1, -0.05) is 26.8 Å². The highest BCUT2D eigenvalue weighted by Gasteiger charge is 2.31. The Morgan fingerprint density at radius 1 is 1.28 bits per heavy atom. The van der Waals surface area contributed by atoms with E-state index >= 15 is 0 Å². The van der Waals surface area contributed by atoms with Gasteiger partial charge in [-0.25, -0.2) is 0 Å². The maximum atomic E-state index is 6.03. The molecule has 1 aromatic rings. The molecule has 0 aliphatic heterocycles. The summed E-state index contributed by atoms with van der Waals surface area (Å²) in [6.07, 6.45) is 4.04. The number of hydrogen-bond donors (Lipinski definition) is 1. The fourth-order valence-corrected chi connectivity index (χ4v) is 2.59. The maximum Gasteiger partial charge on any atom is 0.0573 e. The summed E-state index contributed by atoms with van der Waals surface area (Å²) in [6, 6.07) is 4.11. The Kier molecular flexibility index (Phi) is 5.76. The first-order chi connectivity index (χ1) is 8.63. The minimum absolute atomic E-state index is 0.110. The highest BCUT2D eigenvalue weighted by Crippen LogP contribution is 2.25. The van der Waals surface area contributed by atoms with Crippen LogP contribution in [0.15, 0.2) is 18.3 Å². The molecule has 0 spiro atoms. The minimum atomic E-state index is 0.110. The van der Waals surface area contributed by atoms with Crippen molar-refractivity contribution in [1.29, 1.82) is 0 Å². The van der Waals surface area contributed by atoms with E-state index < -0.39 is 0 Å². The second kappa shape index (κ2) is 6.86. The lowest BCUT2D eigenvalue weighted by Gasteiger charge is -2.42. The molecule has 0 fully saturated rings. The minimum Gasteiger partial charge on any atom is -0.329 e. The van der Waals surface area contributed by atoms with E-state index in [1.165, 1.54) is 11.3 Å². The number of nitrogens with two attached hydrogens (primary N) is 1. The molecule has 0 atom stereocenters. The van der Waals surface area contributed by atoms with Crippen LogP contribution in [0.4, 0.5) is 0 Å². The first-order valence-electron chi connectivity index (χ1n) is 6.99. The van der Waals surface area contributed by atoms with Crippen LogP contribution in [0, 0.1) is 6.92 Å². The molecule has 1 rings (SSSR count). The summed E-state index contributed by atoms with van der Waals surface area (Å²) < 4.78 is 0. The van der Waals surface area contributed by atoms with Crippen LogP contribution in [0.25, 0.3) is 0 Å². The highest BCUT2D eigenvalue weighted by atomic mass is 15.2. The first kappa shape index (κ1) is 15.1. The SMILES string of the molecule is CCN(Cc1ncccc1C)C(CC)(CC)CN. The molecule has 18 heavy (non-hydrogen) atoms. The average molecular weight is 249 g/mol. The molecule has 0 radical (unpaired) electrons. The third-order valence-corrected chi connectivity index (χ3v) is 4.21. The van der Waals surface area contributed by atoms with Gasteiger partial charge in [0, 0.05) is 24.8 Å². The van der Waals surface area contributed by atoms with E-state index in [1.54, 1.807) is 0 Å². The van der Waals surface area contributed by atoms with Crippen molar-refractivity contribution in [1.82, 2.24) is 9.88 Å². The van der Waals surface area contributed by atoms with Gasteiger partial charge in [0.2, 0.25) is 0 Å². The summed E-state index contributed by atoms with van der Waals surface area (Å²) >= 11 is 0. The zero-order chi connectivity index (χ0) is 13.6. The lowest BCUT2D eigenvalue weighted by molar-refractivity contribution is 0.0813. The van der Waals surface area contributed by atoms with Crippen LogP contribution in [-0.2, 0) is 6.54 Å². The van der Waals surface area contributed by atoms with Gasteiger partial charge in [-0.3, -0.25) is 9.88 Å². The largest absolute Gasteiger partial charge is 0.329 e. The van der Waals surface area contributed by atoms with Crippen LogP contribution < -0.4 is 5.73 Å². The van der Waals surface area contributed by atoms with Crippen LogP contribution in [0.3, 0.4) is 0 Å². The van der Waals surface area contributed by atoms with E-state index in [1.807, 2.05) is 12.3 Å². The first-order valence-corrected chi connectivity index (χ1v) is 6.99. The Labute approximate surface area is 111 Å². The van der Waals surface area contributed by atoms with E-state index in [9.17, 15) is 0 Å². The van der Waals surface area contributed by atoms with Crippen LogP contribution >= 0.6 is 0 Å². The summed E-state index contributed by atoms with van der Waals surface area (Å²) in [5.74, 6) is 0. The van der Waals surface area contributed by atoms with Gasteiger partial charge in [0.05, 0.1) is 5.69 Å². The summed E-state index contributed by atoms with van der Waals surface area (Å²) in [5.41, 5.74) is 8.57. The number of rotatable bonds is 7. The quantitative estimate of drug-likeness (QED) is 0.808. The second-order valence-electron chi connectivity index (χ2n) is 4.92. The van der Waals surface area contributed by atoms with E-state index in [4.69, 9.17) is 5.73 Å². The number of nitrogens with zero attached hydrogens (tertiary/aromatic N) is 2. The second-order valence-corrected chi connectivity index (χ2v) is 4.92. The highest BCUT2D eigenvalue weighted by molar-refractivity contribution is 5.17. The number of aromatic nitrogens is 1. The smallest absolute Gasteiger partial charge is 0.0573 e. The van der Waals surface area contributed by atoms with Gasteiger partial charge in [0.1, 0.15) is 0 Å². The molecule has 0 saturated carbocycles. The summed E-state index contributed by atoms with van der Waals surface area (Å²) in [5, 5.41) is 0. The standard InChI is InChI=1S/C15H27N3/c1-5-15(6-2,12-16)18(7-3)11-14-13(4)9-8-10-17-14/h8-10H,5-7,11-12,16H2,1-4H3. The number of hydrogen-bond acceptors (Lipinski definition) is 3. The fourth-order valence-electron chi connectivity index (χ4n) is 2.59. The Balaban J connectivity index is 2.94. The van der Waals surface area contributed by atoms with Crippen LogP contribution in [0.2, 0.25) is 0 Å². The van der Waals surface area contributed by atoms with Crippen molar-refractivity contribution >= 4 is 0 Å². The molecular weight excluding hydrogens is 222 g/mol. The van der Waals surface area contributed by atoms with E-state index in [2.05, 4.69) is 43.6 Å². The predicted octanol–water partition coefficient (Wildman–Crippen LogP) is 2.73. The molecule has 0 bridgehead atoms. The third-order valence-electron chi connectivity index (χ3n) is 4.21. The van der Waals surface area contributed by atoms with Crippen molar-refractivity contribution in [2.45, 2.75) is 52.6 Å². The predicted molar refractivity (Wildman–Crippen MR) is 77.4 cm³/mol. The van der Waals surface area contributed by atoms with Crippen molar-refractivity contribution in [3.8, 4) is 0 Å². The molecule has 102 valence electrons. The van der Waals surface area contributed by atoms with Crippen molar-refractivity contribution in [2.24, 2.45) is 5.73 Å². The molecule has 1 aromatic heterocycles. The van der Waals surface area contributed by atoms with E-state index in [0.29, 0.717) is 6.54 Å². The molecule has 3 heteroatoms. The fraction of sp³-hybridized carbons (Fsp3) is 0.667. The van der Waals surface area contributed by atoms with Crippen LogP contribution in [0.5, 0.6) is 0 Å². The van der Waals surface area contributed by atoms with Gasteiger partial charge < -0.3 is 5.73 Å². The Morgan fingerprint density at radius 2 is 1.94 bits per heavy atom. The average Bonchev–Trinajstić information content (AvgIpc) is 2.42. The lowest BCUT2D eigenvalue weighted by atomic mass is 9.90. The van der Waals surface area contributed by atoms with Crippen molar-refractivity contribution < 1.29 is 0 Å². The molecule has 0 aliphatic carbocycles. The van der Waals surface area contributed by atoms with Gasteiger partial charge in [-0.15, -0.1) is 0 Å². The Morgan fingerprint density at radius 3 is 2.39 bits per heavy atom. The van der Waals surface area contributed by atoms with Crippen molar-refractivity contribution in [2.75, 3.05) is 13.1 Å². The molecule has 1 heterocycles. The van der Waals surface area contributed by atoms with Gasteiger partial charge in [0.15, 0.2) is 0 Å². The summed E-state index contributed by atoms with van der Waals surface area (Å²) in [7, 11) is 0. The van der Waals surface area contributed by atoms with Gasteiger partial charge in [-0.05, 0) is 37.9 Å². The summed E-state index contributed by atoms with van der Waals surface area (Å²) in [4.78, 5) is 6.97. The lowest BCUT2D eigenvalue weighted by Crippen LogP contribution is -2.52. The van der Waals surface area contributed by atoms with E-state index in [0.717, 1.165) is 25.9 Å². The molecular formula is C15H27N3. The van der Waals surface area contributed by atoms with Gasteiger partial charge >= 0.3 is 0 Å². The number of aryl methyl sites for hydroxylation is 1. The van der Waals surface area contributed by atoms with Crippen molar-refractivity contribution in [3.63, 3.8) is 0 Å². The summed E-state index contributed by atoms with van der Waals surface area (Å²) in [6.45, 7) is 11.4. The molecule has 0 aromatic carbocycles. The number of pyridine rings is 1. The monoisotopic (exact) mass is 249 g/mol. The number of likely N-dealkylation sites (N-methyl/N-ethyl adjacent to an activating group) is 1. The molecule has 2 N–H and O–H groups in total. The zero-order valence-electron chi connectivity index (χ0n) is 12.2. The van der Waals surface area contributed by atoms with Gasteiger partial charge in [-0.2, -0.15) is 0 Å².